The molecule has 1 atom stereocenters. The molecule has 1 unspecified atom stereocenters. The first-order chi connectivity index (χ1) is 37.5. The molecule has 4 aliphatic carbocycles. The van der Waals surface area contributed by atoms with Gasteiger partial charge in [-0.05, 0) is 194 Å². The van der Waals surface area contributed by atoms with E-state index in [1.54, 1.807) is 0 Å². The van der Waals surface area contributed by atoms with E-state index in [0.29, 0.717) is 0 Å². The van der Waals surface area contributed by atoms with Crippen molar-refractivity contribution in [3.05, 3.63) is 142 Å². The Morgan fingerprint density at radius 2 is 1.15 bits per heavy atom. The number of para-hydroxylation sites is 1. The zero-order chi connectivity index (χ0) is 54.9. The number of anilines is 4. The van der Waals surface area contributed by atoms with Gasteiger partial charge in [0.15, 0.2) is 5.58 Å². The molecule has 9 aromatic rings. The van der Waals surface area contributed by atoms with Crippen LogP contribution in [-0.2, 0) is 32.5 Å². The third kappa shape index (κ3) is 8.01. The average molecular weight is 1060 g/mol. The highest BCUT2D eigenvalue weighted by atomic mass is 32.1. The third-order valence-electron chi connectivity index (χ3n) is 20.8. The first-order valence-electron chi connectivity index (χ1n) is 30.2. The van der Waals surface area contributed by atoms with Crippen LogP contribution in [0.1, 0.15) is 194 Å². The van der Waals surface area contributed by atoms with Crippen molar-refractivity contribution in [2.24, 2.45) is 0 Å². The van der Waals surface area contributed by atoms with Crippen molar-refractivity contribution < 1.29 is 8.83 Å². The highest BCUT2D eigenvalue weighted by molar-refractivity contribution is 7.29. The minimum Gasteiger partial charge on any atom is -0.456 e. The lowest BCUT2D eigenvalue weighted by Crippen LogP contribution is -2.40. The van der Waals surface area contributed by atoms with E-state index >= 15 is 0 Å². The van der Waals surface area contributed by atoms with E-state index in [1.165, 1.54) is 137 Å². The molecule has 0 saturated carbocycles. The van der Waals surface area contributed by atoms with Gasteiger partial charge in [-0.15, -0.1) is 11.3 Å². The fourth-order valence-corrected chi connectivity index (χ4v) is 16.5. The smallest absolute Gasteiger partial charge is 0.211 e. The Kier molecular flexibility index (Phi) is 11.3. The summed E-state index contributed by atoms with van der Waals surface area (Å²) in [6.07, 6.45) is 20.1. The van der Waals surface area contributed by atoms with Gasteiger partial charge in [-0.25, -0.2) is 0 Å². The number of fused-ring (bicyclic) bond motifs is 14. The molecule has 0 saturated heterocycles. The molecular weight excluding hydrogens is 980 g/mol. The third-order valence-corrected chi connectivity index (χ3v) is 21.9. The Bertz CT molecular complexity index is 4100. The molecule has 0 bridgehead atoms. The van der Waals surface area contributed by atoms with E-state index < -0.39 is 0 Å². The molecule has 14 rings (SSSR count). The molecule has 4 heterocycles. The van der Waals surface area contributed by atoms with Gasteiger partial charge in [0.25, 0.3) is 0 Å². The Hall–Kier alpha value is -5.98. The van der Waals surface area contributed by atoms with E-state index in [1.807, 2.05) is 11.3 Å². The van der Waals surface area contributed by atoms with Crippen LogP contribution in [0.15, 0.2) is 118 Å². The molecule has 6 heteroatoms. The number of allylic oxidation sites excluding steroid dienone is 2. The summed E-state index contributed by atoms with van der Waals surface area (Å²) in [6.45, 7) is 31.7. The lowest BCUT2D eigenvalue weighted by molar-refractivity contribution is 0.332. The van der Waals surface area contributed by atoms with Crippen molar-refractivity contribution in [3.8, 4) is 11.1 Å². The Balaban J connectivity index is 1.07. The number of thiophene rings is 1. The highest BCUT2D eigenvalue weighted by Gasteiger charge is 2.43. The minimum absolute atomic E-state index is 0.0246. The van der Waals surface area contributed by atoms with Gasteiger partial charge in [-0.1, -0.05) is 151 Å². The van der Waals surface area contributed by atoms with Crippen LogP contribution < -0.4 is 20.5 Å². The van der Waals surface area contributed by atoms with E-state index in [9.17, 15) is 0 Å². The molecule has 6 aromatic carbocycles. The topological polar surface area (TPSA) is 41.6 Å². The molecule has 5 aliphatic rings. The number of unbranched alkanes of at least 4 members (excludes halogenated alkanes) is 2. The van der Waals surface area contributed by atoms with Gasteiger partial charge >= 0.3 is 0 Å². The summed E-state index contributed by atoms with van der Waals surface area (Å²) >= 11 is 2.02. The molecule has 0 radical (unpaired) electrons. The van der Waals surface area contributed by atoms with Crippen molar-refractivity contribution >= 4 is 106 Å². The second kappa shape index (κ2) is 17.5. The molecule has 404 valence electrons. The minimum atomic E-state index is 0.0246. The van der Waals surface area contributed by atoms with Crippen molar-refractivity contribution in [3.63, 3.8) is 0 Å². The number of rotatable bonds is 8. The van der Waals surface area contributed by atoms with Crippen LogP contribution in [0.5, 0.6) is 0 Å². The first kappa shape index (κ1) is 51.2. The molecule has 0 spiro atoms. The standard InChI is InChI=1S/C73H81BN2O2S/c1-14-15-16-19-42-22-24-43(25-23-42)75-58-41-61-47(48-37-54-56(39-60(48)77-61)72(10,11)32-30-70(54,6)7)35-46(58)49-36-50-45-20-17-18-21-59(45)78-66(50)65-63(49)74-67-64(51-38-55-57(40-62(51)79-67)73(12,13)33-31-71(55,8)9)76(65)44-26-27-52-53(34-44)69(4,5)29-28-68(52,2)3/h17-18,20-24,26-27,34-41,43,74-75H,14-16,19,25,28-33H2,1-13H3. The van der Waals surface area contributed by atoms with Crippen molar-refractivity contribution in [2.75, 3.05) is 10.2 Å². The van der Waals surface area contributed by atoms with Crippen LogP contribution in [0, 0.1) is 0 Å². The lowest BCUT2D eigenvalue weighted by Gasteiger charge is -2.43. The highest BCUT2D eigenvalue weighted by Crippen LogP contribution is 2.55. The number of nitrogens with one attached hydrogen (secondary N) is 1. The second-order valence-electron chi connectivity index (χ2n) is 29.0. The Morgan fingerprint density at radius 1 is 0.557 bits per heavy atom. The maximum atomic E-state index is 7.35. The van der Waals surface area contributed by atoms with Crippen LogP contribution in [0.2, 0.25) is 0 Å². The summed E-state index contributed by atoms with van der Waals surface area (Å²) in [4.78, 5) is 2.69. The zero-order valence-electron chi connectivity index (χ0n) is 49.5. The van der Waals surface area contributed by atoms with E-state index in [4.69, 9.17) is 8.83 Å². The second-order valence-corrected chi connectivity index (χ2v) is 30.1. The maximum Gasteiger partial charge on any atom is 0.211 e. The van der Waals surface area contributed by atoms with Crippen molar-refractivity contribution in [1.29, 1.82) is 0 Å². The molecule has 1 aliphatic heterocycles. The molecule has 0 amide bonds. The summed E-state index contributed by atoms with van der Waals surface area (Å²) in [7, 11) is 0.789. The number of hydrogen-bond acceptors (Lipinski definition) is 5. The fraction of sp³-hybridized carbons (Fsp3) is 0.425. The summed E-state index contributed by atoms with van der Waals surface area (Å²) in [5.74, 6) is 0. The monoisotopic (exact) mass is 1060 g/mol. The molecule has 4 nitrogen and oxygen atoms in total. The lowest BCUT2D eigenvalue weighted by atomic mass is 9.61. The normalized spacial score (nSPS) is 20.9. The molecule has 0 fully saturated rings. The van der Waals surface area contributed by atoms with Gasteiger partial charge in [-0.3, -0.25) is 0 Å². The van der Waals surface area contributed by atoms with E-state index in [-0.39, 0.29) is 38.5 Å². The van der Waals surface area contributed by atoms with Crippen LogP contribution in [0.25, 0.3) is 65.1 Å². The zero-order valence-corrected chi connectivity index (χ0v) is 50.4. The maximum absolute atomic E-state index is 7.35. The van der Waals surface area contributed by atoms with Crippen LogP contribution in [-0.4, -0.2) is 13.3 Å². The van der Waals surface area contributed by atoms with Crippen LogP contribution in [0.4, 0.5) is 22.7 Å². The number of furan rings is 2. The molecule has 79 heavy (non-hydrogen) atoms. The number of hydrogen-bond donors (Lipinski definition) is 1. The number of benzene rings is 6. The van der Waals surface area contributed by atoms with Gasteiger partial charge in [0.2, 0.25) is 7.28 Å². The summed E-state index contributed by atoms with van der Waals surface area (Å²) < 4.78 is 17.3. The van der Waals surface area contributed by atoms with Gasteiger partial charge in [-0.2, -0.15) is 0 Å². The summed E-state index contributed by atoms with van der Waals surface area (Å²) in [5.41, 5.74) is 23.1. The van der Waals surface area contributed by atoms with Gasteiger partial charge in [0, 0.05) is 60.7 Å². The first-order valence-corrected chi connectivity index (χ1v) is 31.1. The van der Waals surface area contributed by atoms with E-state index in [0.717, 1.165) is 78.2 Å². The number of nitrogens with zero attached hydrogens (tertiary/aromatic N) is 1. The van der Waals surface area contributed by atoms with Crippen molar-refractivity contribution in [1.82, 2.24) is 0 Å². The van der Waals surface area contributed by atoms with Gasteiger partial charge < -0.3 is 19.1 Å². The van der Waals surface area contributed by atoms with Crippen LogP contribution in [0.3, 0.4) is 0 Å². The summed E-state index contributed by atoms with van der Waals surface area (Å²) in [5, 5.41) is 10.2. The Labute approximate surface area is 474 Å². The largest absolute Gasteiger partial charge is 0.456 e. The molecule has 3 aromatic heterocycles. The molecular formula is C73H81BN2O2S. The Morgan fingerprint density at radius 3 is 1.82 bits per heavy atom. The fourth-order valence-electron chi connectivity index (χ4n) is 15.3. The van der Waals surface area contributed by atoms with Gasteiger partial charge in [0.1, 0.15) is 16.7 Å². The van der Waals surface area contributed by atoms with Gasteiger partial charge in [0.05, 0.1) is 11.4 Å². The average Bonchev–Trinajstić information content (AvgIpc) is 4.34. The predicted molar refractivity (Wildman–Crippen MR) is 342 cm³/mol. The van der Waals surface area contributed by atoms with E-state index in [2.05, 4.69) is 203 Å². The predicted octanol–water partition coefficient (Wildman–Crippen LogP) is 19.8. The summed E-state index contributed by atoms with van der Waals surface area (Å²) in [6, 6.07) is 33.9. The quantitative estimate of drug-likeness (QED) is 0.122. The molecule has 1 N–H and O–H groups in total. The van der Waals surface area contributed by atoms with Crippen molar-refractivity contribution in [2.45, 2.75) is 199 Å². The van der Waals surface area contributed by atoms with Crippen LogP contribution >= 0.6 is 11.3 Å². The SMILES string of the molecule is CCCCCC1=CCC(Nc2cc3oc4cc5c(cc4c3cc2-c2cc3c(oc4ccccc43)c3c2Bc2sc4cc6c(cc4c2N3c2ccc3c(c2)C(C)(C)CCC3(C)C)C(C)(C)CCC6(C)C)C(C)(C)CCC5(C)C)C=C1.